The van der Waals surface area contributed by atoms with Gasteiger partial charge < -0.3 is 81.5 Å². The molecule has 0 bridgehead atoms. The van der Waals surface area contributed by atoms with Crippen LogP contribution in [0.1, 0.15) is 220 Å². The van der Waals surface area contributed by atoms with Gasteiger partial charge in [-0.25, -0.2) is 9.48 Å². The van der Waals surface area contributed by atoms with Crippen LogP contribution in [0, 0.1) is 24.7 Å². The van der Waals surface area contributed by atoms with Crippen molar-refractivity contribution in [2.24, 2.45) is 0 Å². The number of carbonyl (C=O) groups is 10. The predicted molar refractivity (Wildman–Crippen MR) is 452 cm³/mol. The number of amides is 10. The van der Waals surface area contributed by atoms with Gasteiger partial charge in [0, 0.05) is 18.1 Å². The molecule has 0 spiro atoms. The number of nitrogens with zero attached hydrogens (tertiary/aromatic N) is 6. The highest BCUT2D eigenvalue weighted by Crippen LogP contribution is 2.39. The molecule has 7 heterocycles. The third kappa shape index (κ3) is 26.4. The lowest BCUT2D eigenvalue weighted by Crippen LogP contribution is -2.58. The van der Waals surface area contributed by atoms with Crippen LogP contribution in [0.25, 0.3) is 0 Å². The van der Waals surface area contributed by atoms with Gasteiger partial charge in [-0.05, 0) is 179 Å². The van der Waals surface area contributed by atoms with Crippen LogP contribution in [-0.2, 0) is 75.1 Å². The van der Waals surface area contributed by atoms with Crippen LogP contribution in [0.5, 0.6) is 0 Å². The Morgan fingerprint density at radius 1 is 0.488 bits per heavy atom. The van der Waals surface area contributed by atoms with Crippen molar-refractivity contribution in [1.82, 2.24) is 77.5 Å². The van der Waals surface area contributed by atoms with Gasteiger partial charge in [-0.3, -0.25) is 43.2 Å². The number of rotatable bonds is 28. The smallest absolute Gasteiger partial charge is 0.444 e. The fourth-order valence-electron chi connectivity index (χ4n) is 17.3. The van der Waals surface area contributed by atoms with Crippen LogP contribution < -0.4 is 47.9 Å². The topological polar surface area (TPSA) is 356 Å². The monoisotopic (exact) mass is 1700 g/mol. The van der Waals surface area contributed by atoms with E-state index in [2.05, 4.69) is 76.8 Å². The Hall–Kier alpha value is -10.8. The normalized spacial score (nSPS) is 23.9. The molecule has 6 saturated heterocycles. The summed E-state index contributed by atoms with van der Waals surface area (Å²) in [6, 6.07) is 27.9. The molecule has 6 fully saturated rings. The van der Waals surface area contributed by atoms with E-state index in [4.69, 9.17) is 31.8 Å². The van der Waals surface area contributed by atoms with Gasteiger partial charge in [-0.2, -0.15) is 13.2 Å². The summed E-state index contributed by atoms with van der Waals surface area (Å²) in [5, 5.41) is 35.1. The number of carbonyl (C=O) groups excluding carboxylic acids is 10. The number of terminal acetylenes is 2. The number of fused-ring (bicyclic) bond motifs is 4. The summed E-state index contributed by atoms with van der Waals surface area (Å²) in [5.41, 5.74) is 4.54. The van der Waals surface area contributed by atoms with E-state index in [1.165, 1.54) is 5.56 Å². The van der Waals surface area contributed by atoms with Crippen molar-refractivity contribution in [3.63, 3.8) is 0 Å². The molecule has 9 N–H and O–H groups in total. The molecule has 1 unspecified atom stereocenters. The second-order valence-corrected chi connectivity index (χ2v) is 33.5. The summed E-state index contributed by atoms with van der Waals surface area (Å²) >= 11 is 0. The molecule has 16 atom stereocenters. The van der Waals surface area contributed by atoms with Crippen LogP contribution >= 0.6 is 0 Å². The van der Waals surface area contributed by atoms with Crippen molar-refractivity contribution in [2.45, 2.75) is 278 Å². The number of nitrogens with one attached hydrogen (secondary N) is 9. The van der Waals surface area contributed by atoms with E-state index in [-0.39, 0.29) is 117 Å². The SMILES string of the molecule is C#CCOC[C@@H](NC(=O)C(F)(F)F)c1ccccc1.C#CCOC[C@@H](NC(=O)[C@@H]1CC[C@@H]2CCCC[C@H](NC(=O)OC(C)(C)C)C(=O)N21)c1ccccc1.CN[C@@H](C)C(=O)N[C@H]1CCCC[C@H]2CCC(C(=O)N[C@H](COCc3cn([C@@H]4CC[C@H](NC(=O)[C@H](C)NC)C(=O)N5[C@H](CC[C@H]5C(=O)N[C@@H]5CCCc6ccccc65)C4)nn3)c3ccccc3)N2C1=O. The van der Waals surface area contributed by atoms with Gasteiger partial charge in [0.05, 0.1) is 74.9 Å². The van der Waals surface area contributed by atoms with Crippen LogP contribution in [0.15, 0.2) is 121 Å². The van der Waals surface area contributed by atoms with Gasteiger partial charge in [0.1, 0.15) is 60.8 Å². The second kappa shape index (κ2) is 45.6. The van der Waals surface area contributed by atoms with E-state index in [0.717, 1.165) is 80.9 Å². The molecule has 29 nitrogen and oxygen atoms in total. The van der Waals surface area contributed by atoms with Gasteiger partial charge in [0.15, 0.2) is 0 Å². The van der Waals surface area contributed by atoms with Crippen molar-refractivity contribution in [2.75, 3.05) is 47.1 Å². The van der Waals surface area contributed by atoms with Gasteiger partial charge in [-0.15, -0.1) is 17.9 Å². The molecule has 1 aliphatic carbocycles. The van der Waals surface area contributed by atoms with Crippen LogP contribution in [0.4, 0.5) is 18.0 Å². The number of aryl methyl sites for hydroxylation is 1. The maximum atomic E-state index is 14.5. The number of benzene rings is 4. The minimum absolute atomic E-state index is 0.0191. The average Bonchev–Trinajstić information content (AvgIpc) is 1.65. The zero-order valence-corrected chi connectivity index (χ0v) is 71.4. The standard InChI is InChI=1S/C51H71N11O7.C27H37N3O5.C13H12F3NO2/c1-31(52-3)46(63)55-41-19-11-9-17-36-22-25-44(61(36)50(41)67)49(66)57-43(34-14-6-5-7-15-34)30-69-29-35-28-60(59-58-35)37-21-24-42(56-47(64)32(2)53-4)51(68)62-38(27-37)23-26-45(62)48(65)54-40-20-12-16-33-13-8-10-18-39(33)40;1-5-17-34-18-22(19-11-7-6-8-12-19)28-24(31)23-16-15-20-13-9-10-14-21(25(32)30(20)23)29-26(33)35-27(2,3)4;1-2-8-19-9-11(10-6-4-3-5-7-10)17-12(18)13(14,15)16/h5-8,10,13-15,18,28,31-32,36-38,40-45,52-53H,9,11-12,16-17,19-27,29-30H2,1-4H3,(H,54,65)(H,55,63)(H,56,64)(H,57,66);1,6-8,11-12,20-23H,9-10,13-18H2,2-4H3,(H,28,31)(H,29,33);1,3-7,11H,8-9H2,(H,17,18)/t31-,32-,36-,37+,38+,40+,41-,42-,43+,44?,45-;20-,21-,22+,23-;11-/m001/s1. The van der Waals surface area contributed by atoms with Crippen molar-refractivity contribution >= 4 is 59.3 Å². The molecular formula is C91H120F3N15O14. The Morgan fingerprint density at radius 2 is 0.911 bits per heavy atom. The lowest BCUT2D eigenvalue weighted by molar-refractivity contribution is -0.174. The molecule has 123 heavy (non-hydrogen) atoms. The molecule has 1 aromatic heterocycles. The van der Waals surface area contributed by atoms with Gasteiger partial charge >= 0.3 is 18.2 Å². The van der Waals surface area contributed by atoms with E-state index < -0.39 is 90.2 Å². The summed E-state index contributed by atoms with van der Waals surface area (Å²) in [6.07, 6.45) is 20.7. The first-order valence-corrected chi connectivity index (χ1v) is 43.0. The number of alkyl carbamates (subject to hydrolysis) is 1. The maximum absolute atomic E-state index is 14.5. The summed E-state index contributed by atoms with van der Waals surface area (Å²) in [7, 11) is 3.40. The Labute approximate surface area is 718 Å². The van der Waals surface area contributed by atoms with E-state index in [9.17, 15) is 61.1 Å². The van der Waals surface area contributed by atoms with Crippen LogP contribution in [-0.4, -0.2) is 214 Å². The zero-order chi connectivity index (χ0) is 88.3. The summed E-state index contributed by atoms with van der Waals surface area (Å²) in [6.45, 7) is 9.26. The minimum Gasteiger partial charge on any atom is -0.444 e. The number of halogens is 3. The molecule has 664 valence electrons. The minimum atomic E-state index is -4.93. The number of likely N-dealkylation sites (N-methyl/N-ethyl adjacent to an activating group) is 2. The summed E-state index contributed by atoms with van der Waals surface area (Å²) in [4.78, 5) is 139. The number of hydrogen-bond acceptors (Lipinski definition) is 18. The second-order valence-electron chi connectivity index (χ2n) is 33.5. The van der Waals surface area contributed by atoms with Crippen molar-refractivity contribution in [1.29, 1.82) is 0 Å². The van der Waals surface area contributed by atoms with Crippen molar-refractivity contribution < 1.29 is 80.1 Å². The van der Waals surface area contributed by atoms with Gasteiger partial charge in [-0.1, -0.05) is 158 Å². The lowest BCUT2D eigenvalue weighted by atomic mass is 9.87. The van der Waals surface area contributed by atoms with Crippen molar-refractivity contribution in [3.05, 3.63) is 155 Å². The van der Waals surface area contributed by atoms with E-state index in [1.54, 1.807) is 93.7 Å². The predicted octanol–water partition coefficient (Wildman–Crippen LogP) is 8.43. The fourth-order valence-corrected chi connectivity index (χ4v) is 17.3. The molecule has 0 saturated carbocycles. The molecule has 0 radical (unpaired) electrons. The highest BCUT2D eigenvalue weighted by molar-refractivity contribution is 5.96. The molecule has 12 rings (SSSR count). The van der Waals surface area contributed by atoms with Gasteiger partial charge in [0.25, 0.3) is 0 Å². The van der Waals surface area contributed by atoms with Crippen LogP contribution in [0.3, 0.4) is 0 Å². The summed E-state index contributed by atoms with van der Waals surface area (Å²) in [5.74, 6) is 0.760. The quantitative estimate of drug-likeness (QED) is 0.0167. The van der Waals surface area contributed by atoms with Crippen LogP contribution in [0.2, 0.25) is 0 Å². The molecule has 7 aliphatic rings. The van der Waals surface area contributed by atoms with E-state index >= 15 is 0 Å². The number of aromatic nitrogens is 3. The number of ether oxygens (including phenoxy) is 4. The Morgan fingerprint density at radius 3 is 1.40 bits per heavy atom. The average molecular weight is 1710 g/mol. The molecule has 32 heteroatoms. The molecule has 5 aromatic rings. The van der Waals surface area contributed by atoms with Crippen molar-refractivity contribution in [3.8, 4) is 24.7 Å². The first-order valence-electron chi connectivity index (χ1n) is 43.0. The highest BCUT2D eigenvalue weighted by atomic mass is 19.4. The molecule has 10 amide bonds. The Kier molecular flexibility index (Phi) is 35.0. The van der Waals surface area contributed by atoms with E-state index in [0.29, 0.717) is 75.5 Å². The Bertz CT molecular complexity index is 4450. The number of hydrogen-bond donors (Lipinski definition) is 9. The number of alkyl halides is 3. The molecule has 6 aliphatic heterocycles. The summed E-state index contributed by atoms with van der Waals surface area (Å²) < 4.78 is 60.7. The molecule has 4 aromatic carbocycles. The first-order chi connectivity index (χ1) is 59.1. The first kappa shape index (κ1) is 94.5. The molecular weight excluding hydrogens is 1580 g/mol. The van der Waals surface area contributed by atoms with Gasteiger partial charge in [0.2, 0.25) is 47.3 Å². The fraction of sp³-hybridized carbons (Fsp3) is 0.560. The third-order valence-electron chi connectivity index (χ3n) is 23.8. The maximum Gasteiger partial charge on any atom is 0.471 e. The zero-order valence-electron chi connectivity index (χ0n) is 71.4. The highest BCUT2D eigenvalue weighted by Gasteiger charge is 2.50. The third-order valence-corrected chi connectivity index (χ3v) is 23.8. The lowest BCUT2D eigenvalue weighted by Gasteiger charge is -2.38. The largest absolute Gasteiger partial charge is 0.471 e. The Balaban J connectivity index is 0.000000241. The van der Waals surface area contributed by atoms with E-state index in [1.807, 2.05) is 89.0 Å².